The maximum absolute atomic E-state index is 10.6. The van der Waals surface area contributed by atoms with Gasteiger partial charge in [0.05, 0.1) is 0 Å². The van der Waals surface area contributed by atoms with E-state index in [1.165, 1.54) is 5.56 Å². The second-order valence-corrected chi connectivity index (χ2v) is 4.22. The lowest BCUT2D eigenvalue weighted by Crippen LogP contribution is -1.93. The third-order valence-corrected chi connectivity index (χ3v) is 2.96. The Bertz CT molecular complexity index is 573. The van der Waals surface area contributed by atoms with Crippen LogP contribution in [0.25, 0.3) is 0 Å². The summed E-state index contributed by atoms with van der Waals surface area (Å²) in [6, 6.07) is 13.5. The van der Waals surface area contributed by atoms with E-state index in [9.17, 15) is 4.79 Å². The average molecular weight is 240 g/mol. The molecule has 0 radical (unpaired) electrons. The van der Waals surface area contributed by atoms with Gasteiger partial charge in [-0.2, -0.15) is 0 Å². The summed E-state index contributed by atoms with van der Waals surface area (Å²) in [6.07, 6.45) is 1.67. The molecule has 0 saturated heterocycles. The van der Waals surface area contributed by atoms with Crippen LogP contribution in [0.2, 0.25) is 0 Å². The van der Waals surface area contributed by atoms with Crippen molar-refractivity contribution in [2.24, 2.45) is 0 Å². The standard InChI is InChI=1S/C15H12O3/c16-9-12-3-1-11(2-4-12)7-13-5-6-14-15(8-13)18-10-17-14/h1-6,8-9H,7,10H2. The predicted octanol–water partition coefficient (Wildman–Crippen LogP) is 2.82. The van der Waals surface area contributed by atoms with Crippen LogP contribution in [0.1, 0.15) is 21.5 Å². The van der Waals surface area contributed by atoms with Gasteiger partial charge in [-0.15, -0.1) is 0 Å². The highest BCUT2D eigenvalue weighted by molar-refractivity contribution is 5.74. The number of rotatable bonds is 3. The minimum atomic E-state index is 0.298. The Morgan fingerprint density at radius 2 is 1.67 bits per heavy atom. The van der Waals surface area contributed by atoms with Crippen molar-refractivity contribution in [2.45, 2.75) is 6.42 Å². The number of carbonyl (C=O) groups is 1. The molecule has 0 aromatic heterocycles. The Labute approximate surface area is 105 Å². The van der Waals surface area contributed by atoms with Crippen molar-refractivity contribution in [1.82, 2.24) is 0 Å². The molecule has 0 bridgehead atoms. The van der Waals surface area contributed by atoms with Crippen LogP contribution < -0.4 is 9.47 Å². The van der Waals surface area contributed by atoms with Crippen LogP contribution in [0.5, 0.6) is 11.5 Å². The zero-order valence-corrected chi connectivity index (χ0v) is 9.76. The predicted molar refractivity (Wildman–Crippen MR) is 67.2 cm³/mol. The average Bonchev–Trinajstić information content (AvgIpc) is 2.87. The van der Waals surface area contributed by atoms with Crippen LogP contribution in [0.3, 0.4) is 0 Å². The van der Waals surface area contributed by atoms with Gasteiger partial charge in [0, 0.05) is 5.56 Å². The van der Waals surface area contributed by atoms with Gasteiger partial charge in [0.1, 0.15) is 6.29 Å². The lowest BCUT2D eigenvalue weighted by Gasteiger charge is -2.03. The number of ether oxygens (including phenoxy) is 2. The van der Waals surface area contributed by atoms with Crippen molar-refractivity contribution < 1.29 is 14.3 Å². The molecule has 3 nitrogen and oxygen atoms in total. The Hall–Kier alpha value is -2.29. The topological polar surface area (TPSA) is 35.5 Å². The highest BCUT2D eigenvalue weighted by atomic mass is 16.7. The third kappa shape index (κ3) is 2.07. The molecule has 1 aliphatic rings. The SMILES string of the molecule is O=Cc1ccc(Cc2ccc3c(c2)OCO3)cc1. The first-order valence-electron chi connectivity index (χ1n) is 5.78. The summed E-state index contributed by atoms with van der Waals surface area (Å²) >= 11 is 0. The first-order valence-corrected chi connectivity index (χ1v) is 5.78. The maximum Gasteiger partial charge on any atom is 0.231 e. The summed E-state index contributed by atoms with van der Waals surface area (Å²) < 4.78 is 10.6. The number of hydrogen-bond acceptors (Lipinski definition) is 3. The van der Waals surface area contributed by atoms with E-state index in [1.54, 1.807) is 0 Å². The summed E-state index contributed by atoms with van der Waals surface area (Å²) in [4.78, 5) is 10.6. The number of aldehydes is 1. The van der Waals surface area contributed by atoms with Crippen LogP contribution in [-0.2, 0) is 6.42 Å². The molecule has 0 amide bonds. The molecule has 3 heteroatoms. The molecular weight excluding hydrogens is 228 g/mol. The van der Waals surface area contributed by atoms with Crippen molar-refractivity contribution in [3.05, 3.63) is 59.2 Å². The van der Waals surface area contributed by atoms with Crippen molar-refractivity contribution >= 4 is 6.29 Å². The van der Waals surface area contributed by atoms with E-state index in [0.717, 1.165) is 29.8 Å². The highest BCUT2D eigenvalue weighted by Gasteiger charge is 2.13. The maximum atomic E-state index is 10.6. The summed E-state index contributed by atoms with van der Waals surface area (Å²) in [5.74, 6) is 1.60. The van der Waals surface area contributed by atoms with Crippen LogP contribution in [0, 0.1) is 0 Å². The number of carbonyl (C=O) groups excluding carboxylic acids is 1. The van der Waals surface area contributed by atoms with Gasteiger partial charge in [-0.1, -0.05) is 30.3 Å². The van der Waals surface area contributed by atoms with Crippen LogP contribution >= 0.6 is 0 Å². The van der Waals surface area contributed by atoms with Gasteiger partial charge in [-0.05, 0) is 29.7 Å². The van der Waals surface area contributed by atoms with E-state index in [-0.39, 0.29) is 0 Å². The molecule has 2 aromatic carbocycles. The second-order valence-electron chi connectivity index (χ2n) is 4.22. The van der Waals surface area contributed by atoms with Gasteiger partial charge < -0.3 is 9.47 Å². The van der Waals surface area contributed by atoms with E-state index in [1.807, 2.05) is 42.5 Å². The largest absolute Gasteiger partial charge is 0.454 e. The highest BCUT2D eigenvalue weighted by Crippen LogP contribution is 2.33. The second kappa shape index (κ2) is 4.53. The fourth-order valence-electron chi connectivity index (χ4n) is 2.00. The van der Waals surface area contributed by atoms with Crippen LogP contribution in [0.4, 0.5) is 0 Å². The van der Waals surface area contributed by atoms with E-state index >= 15 is 0 Å². The molecule has 1 heterocycles. The van der Waals surface area contributed by atoms with E-state index < -0.39 is 0 Å². The molecule has 0 unspecified atom stereocenters. The summed E-state index contributed by atoms with van der Waals surface area (Å²) in [5.41, 5.74) is 3.03. The number of hydrogen-bond donors (Lipinski definition) is 0. The van der Waals surface area contributed by atoms with E-state index in [0.29, 0.717) is 12.4 Å². The van der Waals surface area contributed by atoms with Crippen LogP contribution in [-0.4, -0.2) is 13.1 Å². The lowest BCUT2D eigenvalue weighted by molar-refractivity contribution is 0.112. The lowest BCUT2D eigenvalue weighted by atomic mass is 10.0. The molecule has 0 saturated carbocycles. The Morgan fingerprint density at radius 3 is 2.44 bits per heavy atom. The number of fused-ring (bicyclic) bond motifs is 1. The normalized spacial score (nSPS) is 12.4. The van der Waals surface area contributed by atoms with Gasteiger partial charge in [0.15, 0.2) is 11.5 Å². The Morgan fingerprint density at radius 1 is 0.944 bits per heavy atom. The summed E-state index contributed by atoms with van der Waals surface area (Å²) in [7, 11) is 0. The molecular formula is C15H12O3. The molecule has 0 N–H and O–H groups in total. The Kier molecular flexibility index (Phi) is 2.73. The third-order valence-electron chi connectivity index (χ3n) is 2.96. The fourth-order valence-corrected chi connectivity index (χ4v) is 2.00. The van der Waals surface area contributed by atoms with Crippen molar-refractivity contribution in [3.8, 4) is 11.5 Å². The Balaban J connectivity index is 1.81. The fraction of sp³-hybridized carbons (Fsp3) is 0.133. The van der Waals surface area contributed by atoms with Crippen molar-refractivity contribution in [2.75, 3.05) is 6.79 Å². The first-order chi connectivity index (χ1) is 8.85. The summed E-state index contributed by atoms with van der Waals surface area (Å²) in [5, 5.41) is 0. The first kappa shape index (κ1) is 10.8. The van der Waals surface area contributed by atoms with Gasteiger partial charge in [0.25, 0.3) is 0 Å². The van der Waals surface area contributed by atoms with E-state index in [4.69, 9.17) is 9.47 Å². The quantitative estimate of drug-likeness (QED) is 0.774. The molecule has 0 spiro atoms. The van der Waals surface area contributed by atoms with Crippen molar-refractivity contribution in [3.63, 3.8) is 0 Å². The van der Waals surface area contributed by atoms with Gasteiger partial charge in [-0.25, -0.2) is 0 Å². The molecule has 90 valence electrons. The number of benzene rings is 2. The molecule has 2 aromatic rings. The molecule has 18 heavy (non-hydrogen) atoms. The van der Waals surface area contributed by atoms with Gasteiger partial charge in [0.2, 0.25) is 6.79 Å². The summed E-state index contributed by atoms with van der Waals surface area (Å²) in [6.45, 7) is 0.298. The minimum absolute atomic E-state index is 0.298. The van der Waals surface area contributed by atoms with Crippen molar-refractivity contribution in [1.29, 1.82) is 0 Å². The van der Waals surface area contributed by atoms with E-state index in [2.05, 4.69) is 0 Å². The monoisotopic (exact) mass is 240 g/mol. The van der Waals surface area contributed by atoms with Gasteiger partial charge in [-0.3, -0.25) is 4.79 Å². The molecule has 1 aliphatic heterocycles. The molecule has 0 aliphatic carbocycles. The minimum Gasteiger partial charge on any atom is -0.454 e. The molecule has 0 fully saturated rings. The zero-order chi connectivity index (χ0) is 12.4. The smallest absolute Gasteiger partial charge is 0.231 e. The zero-order valence-electron chi connectivity index (χ0n) is 9.76. The molecule has 0 atom stereocenters. The van der Waals surface area contributed by atoms with Crippen LogP contribution in [0.15, 0.2) is 42.5 Å². The van der Waals surface area contributed by atoms with Gasteiger partial charge >= 0.3 is 0 Å². The molecule has 3 rings (SSSR count).